The number of rotatable bonds is 4. The van der Waals surface area contributed by atoms with Crippen molar-refractivity contribution < 1.29 is 18.3 Å². The quantitative estimate of drug-likeness (QED) is 0.236. The maximum Gasteiger partial charge on any atom is 0.339 e. The van der Waals surface area contributed by atoms with Crippen molar-refractivity contribution >= 4 is 52.8 Å². The van der Waals surface area contributed by atoms with Gasteiger partial charge in [0.25, 0.3) is 0 Å². The van der Waals surface area contributed by atoms with Crippen molar-refractivity contribution in [2.75, 3.05) is 7.11 Å². The van der Waals surface area contributed by atoms with Crippen molar-refractivity contribution in [2.45, 2.75) is 45.5 Å². The SMILES string of the molecule is COC(=O)c1cc(F)c(Br)c(CO[Si](C)(C)C(C)(C)C)c1I. The monoisotopic (exact) mass is 502 g/mol. The smallest absolute Gasteiger partial charge is 0.339 e. The standard InChI is InChI=1S/C15H21BrFIO3Si/c1-15(2,3)22(5,6)21-8-10-12(16)11(17)7-9(13(10)18)14(19)20-4/h7H,8H2,1-6H3. The first-order chi connectivity index (χ1) is 9.92. The van der Waals surface area contributed by atoms with Gasteiger partial charge in [-0.25, -0.2) is 9.18 Å². The highest BCUT2D eigenvalue weighted by Gasteiger charge is 2.37. The van der Waals surface area contributed by atoms with E-state index < -0.39 is 20.1 Å². The molecule has 0 radical (unpaired) electrons. The average molecular weight is 503 g/mol. The molecular weight excluding hydrogens is 482 g/mol. The zero-order chi connectivity index (χ0) is 17.3. The first-order valence-electron chi connectivity index (χ1n) is 6.81. The summed E-state index contributed by atoms with van der Waals surface area (Å²) in [4.78, 5) is 11.8. The second-order valence-corrected chi connectivity index (χ2v) is 13.2. The van der Waals surface area contributed by atoms with E-state index in [0.29, 0.717) is 13.6 Å². The molecule has 0 atom stereocenters. The lowest BCUT2D eigenvalue weighted by molar-refractivity contribution is 0.0598. The molecule has 7 heteroatoms. The Hall–Kier alpha value is 0.00688. The Bertz CT molecular complexity index is 585. The first kappa shape index (κ1) is 20.1. The summed E-state index contributed by atoms with van der Waals surface area (Å²) in [6.45, 7) is 11.0. The molecule has 0 amide bonds. The molecule has 0 N–H and O–H groups in total. The lowest BCUT2D eigenvalue weighted by Gasteiger charge is -2.36. The van der Waals surface area contributed by atoms with Crippen LogP contribution in [0.5, 0.6) is 0 Å². The predicted octanol–water partition coefficient (Wildman–Crippen LogP) is 5.50. The van der Waals surface area contributed by atoms with Crippen molar-refractivity contribution in [1.29, 1.82) is 0 Å². The van der Waals surface area contributed by atoms with Crippen LogP contribution in [0.3, 0.4) is 0 Å². The summed E-state index contributed by atoms with van der Waals surface area (Å²) in [5.74, 6) is -1.04. The zero-order valence-electron chi connectivity index (χ0n) is 13.6. The van der Waals surface area contributed by atoms with Crippen LogP contribution in [-0.4, -0.2) is 21.4 Å². The van der Waals surface area contributed by atoms with Crippen molar-refractivity contribution in [3.63, 3.8) is 0 Å². The average Bonchev–Trinajstić information content (AvgIpc) is 2.40. The summed E-state index contributed by atoms with van der Waals surface area (Å²) < 4.78 is 25.9. The van der Waals surface area contributed by atoms with E-state index in [0.717, 1.165) is 0 Å². The summed E-state index contributed by atoms with van der Waals surface area (Å²) in [5, 5.41) is 0.0589. The first-order valence-corrected chi connectivity index (χ1v) is 11.6. The number of carbonyl (C=O) groups is 1. The third-order valence-corrected chi connectivity index (χ3v) is 10.6. The number of ether oxygens (including phenoxy) is 1. The van der Waals surface area contributed by atoms with Gasteiger partial charge in [0, 0.05) is 9.13 Å². The molecule has 1 rings (SSSR count). The highest BCUT2D eigenvalue weighted by Crippen LogP contribution is 2.38. The van der Waals surface area contributed by atoms with Crippen LogP contribution in [0, 0.1) is 9.39 Å². The minimum atomic E-state index is -1.97. The van der Waals surface area contributed by atoms with Gasteiger partial charge in [0.05, 0.1) is 23.8 Å². The molecule has 0 saturated carbocycles. The summed E-state index contributed by atoms with van der Waals surface area (Å²) in [6, 6.07) is 1.19. The Morgan fingerprint density at radius 3 is 2.41 bits per heavy atom. The van der Waals surface area contributed by atoms with Crippen molar-refractivity contribution in [3.05, 3.63) is 31.1 Å². The molecule has 124 valence electrons. The van der Waals surface area contributed by atoms with Gasteiger partial charge >= 0.3 is 5.97 Å². The lowest BCUT2D eigenvalue weighted by atomic mass is 10.1. The van der Waals surface area contributed by atoms with Gasteiger partial charge in [-0.2, -0.15) is 0 Å². The van der Waals surface area contributed by atoms with Gasteiger partial charge in [-0.3, -0.25) is 0 Å². The van der Waals surface area contributed by atoms with Crippen LogP contribution in [0.4, 0.5) is 4.39 Å². The molecule has 0 heterocycles. The highest BCUT2D eigenvalue weighted by atomic mass is 127. The molecule has 0 bridgehead atoms. The fraction of sp³-hybridized carbons (Fsp3) is 0.533. The molecule has 3 nitrogen and oxygen atoms in total. The lowest BCUT2D eigenvalue weighted by Crippen LogP contribution is -2.40. The largest absolute Gasteiger partial charge is 0.465 e. The normalized spacial score (nSPS) is 12.4. The van der Waals surface area contributed by atoms with E-state index >= 15 is 0 Å². The molecule has 0 aliphatic heterocycles. The van der Waals surface area contributed by atoms with Gasteiger partial charge < -0.3 is 9.16 Å². The summed E-state index contributed by atoms with van der Waals surface area (Å²) in [6.07, 6.45) is 0. The van der Waals surface area contributed by atoms with E-state index in [4.69, 9.17) is 9.16 Å². The van der Waals surface area contributed by atoms with Gasteiger partial charge in [-0.1, -0.05) is 20.8 Å². The summed E-state index contributed by atoms with van der Waals surface area (Å²) >= 11 is 5.29. The fourth-order valence-electron chi connectivity index (χ4n) is 1.51. The molecule has 0 aliphatic carbocycles. The number of esters is 1. The molecular formula is C15H21BrFIO3Si. The van der Waals surface area contributed by atoms with Crippen LogP contribution < -0.4 is 0 Å². The van der Waals surface area contributed by atoms with E-state index in [1.54, 1.807) is 0 Å². The minimum Gasteiger partial charge on any atom is -0.465 e. The van der Waals surface area contributed by atoms with Crippen LogP contribution in [0.1, 0.15) is 36.7 Å². The van der Waals surface area contributed by atoms with Crippen LogP contribution in [0.2, 0.25) is 18.1 Å². The van der Waals surface area contributed by atoms with Crippen LogP contribution >= 0.6 is 38.5 Å². The Labute approximate surface area is 154 Å². The van der Waals surface area contributed by atoms with E-state index in [-0.39, 0.29) is 17.2 Å². The molecule has 0 aromatic heterocycles. The number of halogens is 3. The third kappa shape index (κ3) is 4.30. The number of carbonyl (C=O) groups excluding carboxylic acids is 1. The van der Waals surface area contributed by atoms with Crippen molar-refractivity contribution in [2.24, 2.45) is 0 Å². The van der Waals surface area contributed by atoms with Gasteiger partial charge in [0.2, 0.25) is 0 Å². The van der Waals surface area contributed by atoms with E-state index in [1.165, 1.54) is 13.2 Å². The van der Waals surface area contributed by atoms with Gasteiger partial charge in [0.1, 0.15) is 5.82 Å². The van der Waals surface area contributed by atoms with Gasteiger partial charge in [0.15, 0.2) is 8.32 Å². The number of methoxy groups -OCH3 is 1. The maximum absolute atomic E-state index is 14.1. The minimum absolute atomic E-state index is 0.0589. The van der Waals surface area contributed by atoms with E-state index in [9.17, 15) is 9.18 Å². The molecule has 0 unspecified atom stereocenters. The molecule has 22 heavy (non-hydrogen) atoms. The number of hydrogen-bond acceptors (Lipinski definition) is 3. The van der Waals surface area contributed by atoms with Crippen LogP contribution in [-0.2, 0) is 15.8 Å². The van der Waals surface area contributed by atoms with E-state index in [1.807, 2.05) is 22.6 Å². The number of hydrogen-bond donors (Lipinski definition) is 0. The Morgan fingerprint density at radius 2 is 1.95 bits per heavy atom. The molecule has 0 spiro atoms. The fourth-order valence-corrected chi connectivity index (χ4v) is 4.05. The van der Waals surface area contributed by atoms with Crippen LogP contribution in [0.15, 0.2) is 10.5 Å². The molecule has 1 aromatic rings. The predicted molar refractivity (Wildman–Crippen MR) is 100 cm³/mol. The molecule has 0 saturated heterocycles. The second-order valence-electron chi connectivity index (χ2n) is 6.55. The second kappa shape index (κ2) is 7.27. The summed E-state index contributed by atoms with van der Waals surface area (Å²) in [7, 11) is -0.685. The topological polar surface area (TPSA) is 35.5 Å². The Morgan fingerprint density at radius 1 is 1.41 bits per heavy atom. The molecule has 0 aliphatic rings. The maximum atomic E-state index is 14.1. The van der Waals surface area contributed by atoms with Crippen LogP contribution in [0.25, 0.3) is 0 Å². The van der Waals surface area contributed by atoms with Crippen molar-refractivity contribution in [3.8, 4) is 0 Å². The van der Waals surface area contributed by atoms with Gasteiger partial charge in [-0.15, -0.1) is 0 Å². The summed E-state index contributed by atoms with van der Waals surface area (Å²) in [5.41, 5.74) is 0.864. The zero-order valence-corrected chi connectivity index (χ0v) is 18.4. The van der Waals surface area contributed by atoms with Gasteiger partial charge in [-0.05, 0) is 62.7 Å². The highest BCUT2D eigenvalue weighted by molar-refractivity contribution is 14.1. The van der Waals surface area contributed by atoms with Crippen molar-refractivity contribution in [1.82, 2.24) is 0 Å². The Balaban J connectivity index is 3.20. The molecule has 1 aromatic carbocycles. The van der Waals surface area contributed by atoms with E-state index in [2.05, 4.69) is 49.8 Å². The third-order valence-electron chi connectivity index (χ3n) is 4.04. The Kier molecular flexibility index (Phi) is 6.63. The number of benzene rings is 1. The molecule has 0 fully saturated rings.